The van der Waals surface area contributed by atoms with E-state index in [-0.39, 0.29) is 5.60 Å². The molecule has 2 rings (SSSR count). The average molecular weight is 244 g/mol. The molecule has 1 heterocycles. The number of benzene rings is 1. The fourth-order valence-corrected chi connectivity index (χ4v) is 1.88. The first kappa shape index (κ1) is 13.0. The van der Waals surface area contributed by atoms with Crippen molar-refractivity contribution in [2.45, 2.75) is 26.0 Å². The number of nitrogens with one attached hydrogen (secondary N) is 1. The number of hydrogen-bond acceptors (Lipinski definition) is 3. The van der Waals surface area contributed by atoms with Crippen molar-refractivity contribution < 1.29 is 4.74 Å². The fourth-order valence-electron chi connectivity index (χ4n) is 1.88. The van der Waals surface area contributed by atoms with Gasteiger partial charge in [-0.15, -0.1) is 0 Å². The van der Waals surface area contributed by atoms with Gasteiger partial charge in [0.25, 0.3) is 0 Å². The van der Waals surface area contributed by atoms with Crippen LogP contribution < -0.4 is 5.32 Å². The van der Waals surface area contributed by atoms with E-state index in [4.69, 9.17) is 4.74 Å². The number of fused-ring (bicyclic) bond motifs is 1. The molecular weight excluding hydrogens is 224 g/mol. The number of pyridine rings is 1. The van der Waals surface area contributed by atoms with Crippen molar-refractivity contribution in [1.29, 1.82) is 0 Å². The van der Waals surface area contributed by atoms with Gasteiger partial charge < -0.3 is 10.1 Å². The molecule has 0 saturated heterocycles. The Morgan fingerprint density at radius 1 is 1.22 bits per heavy atom. The highest BCUT2D eigenvalue weighted by molar-refractivity contribution is 5.81. The summed E-state index contributed by atoms with van der Waals surface area (Å²) in [5.41, 5.74) is 2.18. The highest BCUT2D eigenvalue weighted by Crippen LogP contribution is 2.16. The molecule has 0 fully saturated rings. The van der Waals surface area contributed by atoms with Crippen LogP contribution in [0.3, 0.4) is 0 Å². The molecule has 0 saturated carbocycles. The van der Waals surface area contributed by atoms with Gasteiger partial charge in [-0.2, -0.15) is 0 Å². The maximum atomic E-state index is 5.39. The summed E-state index contributed by atoms with van der Waals surface area (Å²) in [6, 6.07) is 10.3. The second-order valence-corrected chi connectivity index (χ2v) is 5.05. The molecule has 0 aliphatic carbocycles. The van der Waals surface area contributed by atoms with E-state index in [0.29, 0.717) is 0 Å². The number of aromatic nitrogens is 1. The van der Waals surface area contributed by atoms with Crippen molar-refractivity contribution in [3.05, 3.63) is 42.1 Å². The highest BCUT2D eigenvalue weighted by Gasteiger charge is 2.15. The number of methoxy groups -OCH3 is 1. The Bertz CT molecular complexity index is 517. The van der Waals surface area contributed by atoms with Gasteiger partial charge in [0.15, 0.2) is 0 Å². The summed E-state index contributed by atoms with van der Waals surface area (Å²) in [7, 11) is 1.74. The van der Waals surface area contributed by atoms with Crippen LogP contribution in [0.5, 0.6) is 0 Å². The fraction of sp³-hybridized carbons (Fsp3) is 0.400. The van der Waals surface area contributed by atoms with Crippen LogP contribution in [0.15, 0.2) is 36.5 Å². The molecule has 3 nitrogen and oxygen atoms in total. The largest absolute Gasteiger partial charge is 0.377 e. The quantitative estimate of drug-likeness (QED) is 0.878. The van der Waals surface area contributed by atoms with E-state index in [0.717, 1.165) is 18.6 Å². The first-order valence-electron chi connectivity index (χ1n) is 6.21. The third-order valence-electron chi connectivity index (χ3n) is 3.16. The van der Waals surface area contributed by atoms with Crippen LogP contribution in [0, 0.1) is 0 Å². The molecule has 0 aliphatic heterocycles. The van der Waals surface area contributed by atoms with Gasteiger partial charge in [-0.05, 0) is 31.5 Å². The molecule has 0 unspecified atom stereocenters. The predicted octanol–water partition coefficient (Wildman–Crippen LogP) is 2.75. The Hall–Kier alpha value is -1.45. The van der Waals surface area contributed by atoms with Crippen molar-refractivity contribution in [2.24, 2.45) is 0 Å². The van der Waals surface area contributed by atoms with Gasteiger partial charge >= 0.3 is 0 Å². The minimum absolute atomic E-state index is 0.136. The Balaban J connectivity index is 2.08. The van der Waals surface area contributed by atoms with Crippen LogP contribution >= 0.6 is 0 Å². The zero-order valence-electron chi connectivity index (χ0n) is 11.2. The predicted molar refractivity (Wildman–Crippen MR) is 74.5 cm³/mol. The van der Waals surface area contributed by atoms with Crippen molar-refractivity contribution in [3.8, 4) is 0 Å². The summed E-state index contributed by atoms with van der Waals surface area (Å²) >= 11 is 0. The molecule has 0 radical (unpaired) electrons. The second-order valence-electron chi connectivity index (χ2n) is 5.05. The van der Waals surface area contributed by atoms with Crippen LogP contribution in [0.25, 0.3) is 10.9 Å². The van der Waals surface area contributed by atoms with E-state index in [1.165, 1.54) is 10.9 Å². The van der Waals surface area contributed by atoms with Crippen LogP contribution in [0.4, 0.5) is 0 Å². The lowest BCUT2D eigenvalue weighted by molar-refractivity contribution is 0.0231. The normalized spacial score (nSPS) is 11.9. The Labute approximate surface area is 108 Å². The standard InChI is InChI=1S/C15H20N2O/c1-15(2,18-3)11-16-10-12-8-9-17-14-7-5-4-6-13(12)14/h4-9,16H,10-11H2,1-3H3. The molecule has 0 atom stereocenters. The number of nitrogens with zero attached hydrogens (tertiary/aromatic N) is 1. The maximum absolute atomic E-state index is 5.39. The Morgan fingerprint density at radius 2 is 2.00 bits per heavy atom. The molecule has 3 heteroatoms. The summed E-state index contributed by atoms with van der Waals surface area (Å²) < 4.78 is 5.39. The lowest BCUT2D eigenvalue weighted by Gasteiger charge is -2.23. The van der Waals surface area contributed by atoms with E-state index >= 15 is 0 Å². The van der Waals surface area contributed by atoms with Gasteiger partial charge in [-0.1, -0.05) is 18.2 Å². The summed E-state index contributed by atoms with van der Waals surface area (Å²) in [4.78, 5) is 4.36. The number of para-hydroxylation sites is 1. The van der Waals surface area contributed by atoms with E-state index < -0.39 is 0 Å². The zero-order valence-corrected chi connectivity index (χ0v) is 11.2. The summed E-state index contributed by atoms with van der Waals surface area (Å²) in [6.07, 6.45) is 1.86. The molecule has 0 spiro atoms. The average Bonchev–Trinajstić information content (AvgIpc) is 2.39. The molecule has 96 valence electrons. The molecule has 0 amide bonds. The first-order valence-corrected chi connectivity index (χ1v) is 6.21. The van der Waals surface area contributed by atoms with Gasteiger partial charge in [0.05, 0.1) is 11.1 Å². The molecule has 0 bridgehead atoms. The summed E-state index contributed by atoms with van der Waals surface area (Å²) in [5, 5.41) is 4.64. The summed E-state index contributed by atoms with van der Waals surface area (Å²) in [6.45, 7) is 5.80. The van der Waals surface area contributed by atoms with Crippen molar-refractivity contribution in [3.63, 3.8) is 0 Å². The molecule has 1 aromatic heterocycles. The van der Waals surface area contributed by atoms with Crippen LogP contribution in [-0.4, -0.2) is 24.2 Å². The first-order chi connectivity index (χ1) is 8.62. The van der Waals surface area contributed by atoms with Crippen LogP contribution in [-0.2, 0) is 11.3 Å². The van der Waals surface area contributed by atoms with Gasteiger partial charge in [-0.3, -0.25) is 4.98 Å². The Morgan fingerprint density at radius 3 is 2.78 bits per heavy atom. The lowest BCUT2D eigenvalue weighted by atomic mass is 10.1. The zero-order chi connectivity index (χ0) is 13.0. The van der Waals surface area contributed by atoms with E-state index in [9.17, 15) is 0 Å². The van der Waals surface area contributed by atoms with E-state index in [1.807, 2.05) is 24.4 Å². The monoisotopic (exact) mass is 244 g/mol. The van der Waals surface area contributed by atoms with E-state index in [1.54, 1.807) is 7.11 Å². The smallest absolute Gasteiger partial charge is 0.0746 e. The molecule has 0 aliphatic rings. The second kappa shape index (κ2) is 5.46. The van der Waals surface area contributed by atoms with Gasteiger partial charge in [0.2, 0.25) is 0 Å². The van der Waals surface area contributed by atoms with Gasteiger partial charge in [0, 0.05) is 31.8 Å². The lowest BCUT2D eigenvalue weighted by Crippen LogP contribution is -2.36. The third-order valence-corrected chi connectivity index (χ3v) is 3.16. The van der Waals surface area contributed by atoms with Crippen molar-refractivity contribution in [1.82, 2.24) is 10.3 Å². The third kappa shape index (κ3) is 3.06. The number of hydrogen-bond donors (Lipinski definition) is 1. The van der Waals surface area contributed by atoms with Crippen molar-refractivity contribution >= 4 is 10.9 Å². The van der Waals surface area contributed by atoms with E-state index in [2.05, 4.69) is 36.3 Å². The molecular formula is C15H20N2O. The highest BCUT2D eigenvalue weighted by atomic mass is 16.5. The maximum Gasteiger partial charge on any atom is 0.0746 e. The Kier molecular flexibility index (Phi) is 3.94. The summed E-state index contributed by atoms with van der Waals surface area (Å²) in [5.74, 6) is 0. The topological polar surface area (TPSA) is 34.1 Å². The van der Waals surface area contributed by atoms with Crippen LogP contribution in [0.1, 0.15) is 19.4 Å². The molecule has 18 heavy (non-hydrogen) atoms. The number of ether oxygens (including phenoxy) is 1. The molecule has 2 aromatic rings. The van der Waals surface area contributed by atoms with Gasteiger partial charge in [0.1, 0.15) is 0 Å². The number of rotatable bonds is 5. The minimum atomic E-state index is -0.136. The SMILES string of the molecule is COC(C)(C)CNCc1ccnc2ccccc12. The minimum Gasteiger partial charge on any atom is -0.377 e. The van der Waals surface area contributed by atoms with Crippen LogP contribution in [0.2, 0.25) is 0 Å². The molecule has 1 N–H and O–H groups in total. The van der Waals surface area contributed by atoms with Gasteiger partial charge in [-0.25, -0.2) is 0 Å². The molecule has 1 aromatic carbocycles. The van der Waals surface area contributed by atoms with Crippen molar-refractivity contribution in [2.75, 3.05) is 13.7 Å².